The number of pyridine rings is 1. The molecule has 0 bridgehead atoms. The van der Waals surface area contributed by atoms with Crippen LogP contribution in [0.2, 0.25) is 0 Å². The molecule has 2 nitrogen and oxygen atoms in total. The summed E-state index contributed by atoms with van der Waals surface area (Å²) in [5.74, 6) is 0. The van der Waals surface area contributed by atoms with Gasteiger partial charge in [-0.2, -0.15) is 11.3 Å². The maximum absolute atomic E-state index is 10.5. The van der Waals surface area contributed by atoms with E-state index < -0.39 is 6.10 Å². The fourth-order valence-corrected chi connectivity index (χ4v) is 3.48. The van der Waals surface area contributed by atoms with Crippen LogP contribution in [0.15, 0.2) is 51.8 Å². The van der Waals surface area contributed by atoms with Crippen molar-refractivity contribution in [3.63, 3.8) is 0 Å². The van der Waals surface area contributed by atoms with E-state index in [0.29, 0.717) is 6.42 Å². The van der Waals surface area contributed by atoms with Crippen molar-refractivity contribution < 1.29 is 5.11 Å². The zero-order valence-electron chi connectivity index (χ0n) is 10.8. The number of hydrogen-bond donors (Lipinski definition) is 1. The Kier molecular flexibility index (Phi) is 4.15. The Morgan fingerprint density at radius 3 is 2.95 bits per heavy atom. The first-order valence-electron chi connectivity index (χ1n) is 6.48. The van der Waals surface area contributed by atoms with Gasteiger partial charge in [0.05, 0.1) is 11.6 Å². The highest BCUT2D eigenvalue weighted by Gasteiger charge is 2.13. The van der Waals surface area contributed by atoms with Crippen LogP contribution in [0.1, 0.15) is 23.7 Å². The van der Waals surface area contributed by atoms with Crippen LogP contribution in [-0.4, -0.2) is 10.1 Å². The number of halogens is 1. The summed E-state index contributed by atoms with van der Waals surface area (Å²) in [6.45, 7) is 0. The quantitative estimate of drug-likeness (QED) is 0.740. The number of thiophene rings is 1. The number of nitrogens with zero attached hydrogens (tertiary/aromatic N) is 1. The van der Waals surface area contributed by atoms with Crippen LogP contribution in [0.3, 0.4) is 0 Å². The van der Waals surface area contributed by atoms with Crippen molar-refractivity contribution in [3.8, 4) is 0 Å². The Balaban J connectivity index is 1.88. The molecule has 1 aromatic carbocycles. The molecule has 0 aliphatic rings. The molecule has 0 saturated carbocycles. The van der Waals surface area contributed by atoms with Gasteiger partial charge in [-0.3, -0.25) is 4.98 Å². The first-order chi connectivity index (χ1) is 9.75. The van der Waals surface area contributed by atoms with E-state index in [-0.39, 0.29) is 0 Å². The van der Waals surface area contributed by atoms with Crippen molar-refractivity contribution in [2.45, 2.75) is 18.9 Å². The monoisotopic (exact) mass is 347 g/mol. The Morgan fingerprint density at radius 2 is 2.15 bits per heavy atom. The van der Waals surface area contributed by atoms with Gasteiger partial charge in [-0.15, -0.1) is 0 Å². The normalized spacial score (nSPS) is 12.7. The standard InChI is InChI=1S/C16H14BrNOS/c17-14-5-4-13(16-12(14)2-1-8-18-16)15(19)6-3-11-7-9-20-10-11/h1-2,4-5,7-10,15,19H,3,6H2. The number of aromatic nitrogens is 1. The van der Waals surface area contributed by atoms with Crippen molar-refractivity contribution in [2.24, 2.45) is 0 Å². The molecule has 0 aliphatic carbocycles. The zero-order chi connectivity index (χ0) is 13.9. The van der Waals surface area contributed by atoms with Crippen molar-refractivity contribution in [3.05, 3.63) is 62.9 Å². The number of fused-ring (bicyclic) bond motifs is 1. The Hall–Kier alpha value is -1.23. The molecule has 0 fully saturated rings. The Morgan fingerprint density at radius 1 is 1.25 bits per heavy atom. The van der Waals surface area contributed by atoms with Gasteiger partial charge < -0.3 is 5.11 Å². The second-order valence-corrected chi connectivity index (χ2v) is 6.36. The molecule has 20 heavy (non-hydrogen) atoms. The summed E-state index contributed by atoms with van der Waals surface area (Å²) in [4.78, 5) is 4.42. The van der Waals surface area contributed by atoms with Crippen molar-refractivity contribution in [1.82, 2.24) is 4.98 Å². The molecule has 0 amide bonds. The van der Waals surface area contributed by atoms with Crippen LogP contribution >= 0.6 is 27.3 Å². The summed E-state index contributed by atoms with van der Waals surface area (Å²) in [7, 11) is 0. The predicted octanol–water partition coefficient (Wildman–Crippen LogP) is 4.73. The van der Waals surface area contributed by atoms with E-state index in [9.17, 15) is 5.11 Å². The molecule has 0 saturated heterocycles. The van der Waals surface area contributed by atoms with Crippen LogP contribution in [0, 0.1) is 0 Å². The molecule has 1 N–H and O–H groups in total. The third-order valence-corrected chi connectivity index (χ3v) is 4.82. The summed E-state index contributed by atoms with van der Waals surface area (Å²) in [6.07, 6.45) is 2.88. The maximum Gasteiger partial charge on any atom is 0.0814 e. The number of benzene rings is 1. The molecule has 102 valence electrons. The van der Waals surface area contributed by atoms with Gasteiger partial charge in [-0.1, -0.05) is 28.1 Å². The highest BCUT2D eigenvalue weighted by molar-refractivity contribution is 9.10. The molecule has 2 aromatic heterocycles. The largest absolute Gasteiger partial charge is 0.388 e. The van der Waals surface area contributed by atoms with Crippen LogP contribution in [0.25, 0.3) is 10.9 Å². The van der Waals surface area contributed by atoms with E-state index in [1.54, 1.807) is 17.5 Å². The predicted molar refractivity (Wildman–Crippen MR) is 87.0 cm³/mol. The SMILES string of the molecule is OC(CCc1ccsc1)c1ccc(Br)c2cccnc12. The number of aryl methyl sites for hydroxylation is 1. The van der Waals surface area contributed by atoms with Gasteiger partial charge in [0.2, 0.25) is 0 Å². The highest BCUT2D eigenvalue weighted by atomic mass is 79.9. The van der Waals surface area contributed by atoms with Crippen molar-refractivity contribution in [1.29, 1.82) is 0 Å². The fourth-order valence-electron chi connectivity index (χ4n) is 2.32. The average molecular weight is 348 g/mol. The number of aliphatic hydroxyl groups is 1. The van der Waals surface area contributed by atoms with E-state index in [1.165, 1.54) is 5.56 Å². The van der Waals surface area contributed by atoms with Crippen molar-refractivity contribution in [2.75, 3.05) is 0 Å². The van der Waals surface area contributed by atoms with Gasteiger partial charge in [0.15, 0.2) is 0 Å². The molecule has 3 aromatic rings. The summed E-state index contributed by atoms with van der Waals surface area (Å²) >= 11 is 5.22. The molecule has 0 spiro atoms. The molecule has 2 heterocycles. The zero-order valence-corrected chi connectivity index (χ0v) is 13.2. The number of hydrogen-bond acceptors (Lipinski definition) is 3. The fraction of sp³-hybridized carbons (Fsp3) is 0.188. The summed E-state index contributed by atoms with van der Waals surface area (Å²) in [5.41, 5.74) is 3.06. The summed E-state index contributed by atoms with van der Waals surface area (Å²) < 4.78 is 1.01. The molecular weight excluding hydrogens is 334 g/mol. The highest BCUT2D eigenvalue weighted by Crippen LogP contribution is 2.30. The molecule has 0 radical (unpaired) electrons. The van der Waals surface area contributed by atoms with E-state index in [4.69, 9.17) is 0 Å². The first-order valence-corrected chi connectivity index (χ1v) is 8.21. The lowest BCUT2D eigenvalue weighted by molar-refractivity contribution is 0.169. The van der Waals surface area contributed by atoms with Crippen LogP contribution in [0.4, 0.5) is 0 Å². The minimum absolute atomic E-state index is 0.486. The molecular formula is C16H14BrNOS. The Bertz CT molecular complexity index is 712. The molecule has 4 heteroatoms. The third-order valence-electron chi connectivity index (χ3n) is 3.39. The topological polar surface area (TPSA) is 33.1 Å². The molecule has 3 rings (SSSR count). The maximum atomic E-state index is 10.5. The summed E-state index contributed by atoms with van der Waals surface area (Å²) in [5, 5.41) is 15.7. The van der Waals surface area contributed by atoms with Gasteiger partial charge in [0, 0.05) is 21.6 Å². The molecule has 1 unspecified atom stereocenters. The van der Waals surface area contributed by atoms with Crippen molar-refractivity contribution >= 4 is 38.2 Å². The molecule has 0 aliphatic heterocycles. The van der Waals surface area contributed by atoms with Crippen LogP contribution in [0.5, 0.6) is 0 Å². The number of rotatable bonds is 4. The lowest BCUT2D eigenvalue weighted by Gasteiger charge is -2.13. The molecule has 1 atom stereocenters. The van der Waals surface area contributed by atoms with E-state index >= 15 is 0 Å². The third kappa shape index (κ3) is 2.77. The van der Waals surface area contributed by atoms with E-state index in [1.807, 2.05) is 24.3 Å². The van der Waals surface area contributed by atoms with E-state index in [2.05, 4.69) is 37.7 Å². The van der Waals surface area contributed by atoms with E-state index in [0.717, 1.165) is 27.4 Å². The Labute approximate surface area is 130 Å². The van der Waals surface area contributed by atoms with Gasteiger partial charge >= 0.3 is 0 Å². The second kappa shape index (κ2) is 6.04. The number of aliphatic hydroxyl groups excluding tert-OH is 1. The second-order valence-electron chi connectivity index (χ2n) is 4.72. The smallest absolute Gasteiger partial charge is 0.0814 e. The van der Waals surface area contributed by atoms with Crippen LogP contribution < -0.4 is 0 Å². The van der Waals surface area contributed by atoms with Gasteiger partial charge in [-0.25, -0.2) is 0 Å². The van der Waals surface area contributed by atoms with Crippen LogP contribution in [-0.2, 0) is 6.42 Å². The first kappa shape index (κ1) is 13.7. The van der Waals surface area contributed by atoms with Gasteiger partial charge in [0.25, 0.3) is 0 Å². The van der Waals surface area contributed by atoms with Gasteiger partial charge in [-0.05, 0) is 47.4 Å². The van der Waals surface area contributed by atoms with Gasteiger partial charge in [0.1, 0.15) is 0 Å². The summed E-state index contributed by atoms with van der Waals surface area (Å²) in [6, 6.07) is 9.97. The lowest BCUT2D eigenvalue weighted by atomic mass is 10.00. The minimum atomic E-state index is -0.486. The lowest BCUT2D eigenvalue weighted by Crippen LogP contribution is -2.01. The minimum Gasteiger partial charge on any atom is -0.388 e. The average Bonchev–Trinajstić information content (AvgIpc) is 2.99.